The summed E-state index contributed by atoms with van der Waals surface area (Å²) >= 11 is 0. The van der Waals surface area contributed by atoms with Crippen LogP contribution in [0.4, 0.5) is 0 Å². The van der Waals surface area contributed by atoms with Crippen molar-refractivity contribution in [3.05, 3.63) is 36.9 Å². The summed E-state index contributed by atoms with van der Waals surface area (Å²) in [6.07, 6.45) is 5.58. The summed E-state index contributed by atoms with van der Waals surface area (Å²) in [6, 6.07) is 6.15. The van der Waals surface area contributed by atoms with E-state index in [2.05, 4.69) is 27.1 Å². The van der Waals surface area contributed by atoms with Gasteiger partial charge in [0.15, 0.2) is 5.52 Å². The third kappa shape index (κ3) is 0.839. The summed E-state index contributed by atoms with van der Waals surface area (Å²) in [5, 5.41) is 1.14. The normalized spacial score (nSPS) is 11.1. The Hall–Kier alpha value is -1.90. The molecule has 2 N–H and O–H groups in total. The highest BCUT2D eigenvalue weighted by molar-refractivity contribution is 5.97. The quantitative estimate of drug-likeness (QED) is 0.545. The Labute approximate surface area is 74.8 Å². The minimum atomic E-state index is 1.05. The van der Waals surface area contributed by atoms with E-state index in [1.54, 1.807) is 6.33 Å². The third-order valence-corrected chi connectivity index (χ3v) is 2.22. The van der Waals surface area contributed by atoms with E-state index in [4.69, 9.17) is 0 Å². The molecule has 0 radical (unpaired) electrons. The fourth-order valence-corrected chi connectivity index (χ4v) is 1.64. The molecule has 3 rings (SSSR count). The number of pyridine rings is 1. The number of nitrogens with one attached hydrogen (secondary N) is 2. The number of H-pyrrole nitrogens is 2. The zero-order valence-corrected chi connectivity index (χ0v) is 6.91. The third-order valence-electron chi connectivity index (χ3n) is 2.22. The van der Waals surface area contributed by atoms with E-state index in [0.29, 0.717) is 0 Å². The number of aromatic nitrogens is 3. The fourth-order valence-electron chi connectivity index (χ4n) is 1.64. The maximum Gasteiger partial charge on any atom is 0.284 e. The van der Waals surface area contributed by atoms with Gasteiger partial charge in [-0.3, -0.25) is 0 Å². The summed E-state index contributed by atoms with van der Waals surface area (Å²) in [4.78, 5) is 10.5. The molecule has 0 spiro atoms. The van der Waals surface area contributed by atoms with Gasteiger partial charge in [0.1, 0.15) is 0 Å². The highest BCUT2D eigenvalue weighted by Gasteiger charge is 2.13. The van der Waals surface area contributed by atoms with Crippen LogP contribution in [0.3, 0.4) is 0 Å². The minimum Gasteiger partial charge on any atom is -0.361 e. The molecule has 3 nitrogen and oxygen atoms in total. The number of hydrogen-bond acceptors (Lipinski definition) is 1. The lowest BCUT2D eigenvalue weighted by atomic mass is 10.2. The second kappa shape index (κ2) is 2.29. The van der Waals surface area contributed by atoms with Gasteiger partial charge in [-0.05, 0) is 23.2 Å². The molecule has 2 aliphatic rings. The first kappa shape index (κ1) is 6.60. The Bertz CT molecular complexity index is 527. The van der Waals surface area contributed by atoms with E-state index in [1.807, 2.05) is 18.5 Å². The van der Waals surface area contributed by atoms with Gasteiger partial charge in [0.2, 0.25) is 0 Å². The molecule has 0 saturated carbocycles. The zero-order valence-electron chi connectivity index (χ0n) is 6.91. The highest BCUT2D eigenvalue weighted by Crippen LogP contribution is 2.29. The van der Waals surface area contributed by atoms with Gasteiger partial charge >= 0.3 is 0 Å². The molecular formula is C10H8N3+. The van der Waals surface area contributed by atoms with Crippen LogP contribution in [-0.2, 0) is 0 Å². The zero-order chi connectivity index (χ0) is 8.67. The Kier molecular flexibility index (Phi) is 1.16. The van der Waals surface area contributed by atoms with Gasteiger partial charge in [0.25, 0.3) is 6.33 Å². The predicted octanol–water partition coefficient (Wildman–Crippen LogP) is 1.48. The molecule has 13 heavy (non-hydrogen) atoms. The van der Waals surface area contributed by atoms with Crippen LogP contribution < -0.4 is 4.98 Å². The number of fused-ring (bicyclic) bond motifs is 3. The Morgan fingerprint density at radius 1 is 1.38 bits per heavy atom. The van der Waals surface area contributed by atoms with Crippen molar-refractivity contribution in [2.24, 2.45) is 0 Å². The van der Waals surface area contributed by atoms with Gasteiger partial charge < -0.3 is 4.98 Å². The number of rotatable bonds is 0. The standard InChI is InChI=1S/C10H7N3/c1-2-8-9(12-3-1)4-7-5-11-6-13-10(7)8/h1-6,12H/p+1. The molecule has 1 aromatic heterocycles. The summed E-state index contributed by atoms with van der Waals surface area (Å²) in [5.74, 6) is 0. The van der Waals surface area contributed by atoms with Gasteiger partial charge in [-0.15, -0.1) is 0 Å². The average molecular weight is 170 g/mol. The Morgan fingerprint density at radius 3 is 3.38 bits per heavy atom. The molecule has 0 fully saturated rings. The van der Waals surface area contributed by atoms with Crippen molar-refractivity contribution in [2.45, 2.75) is 0 Å². The van der Waals surface area contributed by atoms with Gasteiger partial charge in [0.05, 0.1) is 22.8 Å². The number of nitrogens with zero attached hydrogens (tertiary/aromatic N) is 1. The maximum absolute atomic E-state index is 4.29. The first-order valence-electron chi connectivity index (χ1n) is 4.17. The molecule has 0 saturated heterocycles. The van der Waals surface area contributed by atoms with Crippen LogP contribution in [0.5, 0.6) is 0 Å². The molecule has 0 unspecified atom stereocenters. The van der Waals surface area contributed by atoms with Crippen molar-refractivity contribution in [1.82, 2.24) is 9.97 Å². The van der Waals surface area contributed by atoms with Crippen molar-refractivity contribution >= 4 is 10.9 Å². The van der Waals surface area contributed by atoms with E-state index < -0.39 is 0 Å². The van der Waals surface area contributed by atoms with Crippen molar-refractivity contribution < 1.29 is 4.98 Å². The summed E-state index contributed by atoms with van der Waals surface area (Å²) < 4.78 is 0. The number of aromatic amines is 2. The Morgan fingerprint density at radius 2 is 2.38 bits per heavy atom. The molecule has 1 aliphatic carbocycles. The molecule has 2 heterocycles. The minimum absolute atomic E-state index is 1.05. The van der Waals surface area contributed by atoms with Gasteiger partial charge in [-0.25, -0.2) is 4.98 Å². The molecule has 0 aromatic carbocycles. The van der Waals surface area contributed by atoms with Crippen LogP contribution >= 0.6 is 0 Å². The summed E-state index contributed by atoms with van der Waals surface area (Å²) in [7, 11) is 0. The monoisotopic (exact) mass is 170 g/mol. The first-order valence-corrected chi connectivity index (χ1v) is 4.17. The van der Waals surface area contributed by atoms with Crippen molar-refractivity contribution in [3.63, 3.8) is 0 Å². The van der Waals surface area contributed by atoms with Crippen molar-refractivity contribution in [3.8, 4) is 11.3 Å². The van der Waals surface area contributed by atoms with Crippen LogP contribution in [0.2, 0.25) is 0 Å². The van der Waals surface area contributed by atoms with Crippen LogP contribution in [-0.4, -0.2) is 9.97 Å². The largest absolute Gasteiger partial charge is 0.361 e. The summed E-state index contributed by atoms with van der Waals surface area (Å²) in [5.41, 5.74) is 3.35. The topological polar surface area (TPSA) is 42.8 Å². The van der Waals surface area contributed by atoms with Gasteiger partial charge in [-0.2, -0.15) is 0 Å². The molecule has 0 amide bonds. The van der Waals surface area contributed by atoms with E-state index >= 15 is 0 Å². The van der Waals surface area contributed by atoms with E-state index in [0.717, 1.165) is 16.6 Å². The smallest absolute Gasteiger partial charge is 0.284 e. The maximum atomic E-state index is 4.29. The van der Waals surface area contributed by atoms with Crippen LogP contribution in [0.1, 0.15) is 0 Å². The fraction of sp³-hybridized carbons (Fsp3) is 0. The average Bonchev–Trinajstić information content (AvgIpc) is 2.56. The van der Waals surface area contributed by atoms with Crippen molar-refractivity contribution in [1.29, 1.82) is 0 Å². The highest BCUT2D eigenvalue weighted by atomic mass is 14.8. The van der Waals surface area contributed by atoms with Crippen LogP contribution in [0, 0.1) is 0 Å². The number of hydrogen-bond donors (Lipinski definition) is 1. The predicted molar refractivity (Wildman–Crippen MR) is 49.3 cm³/mol. The van der Waals surface area contributed by atoms with E-state index in [1.165, 1.54) is 5.56 Å². The molecule has 0 bridgehead atoms. The molecule has 1 aliphatic heterocycles. The first-order chi connectivity index (χ1) is 6.45. The SMILES string of the molecule is c1c[nH]c2cc3c[nH+]cnc3c-2c1. The van der Waals surface area contributed by atoms with Crippen LogP contribution in [0.15, 0.2) is 36.9 Å². The van der Waals surface area contributed by atoms with Crippen LogP contribution in [0.25, 0.3) is 22.2 Å². The lowest BCUT2D eigenvalue weighted by Crippen LogP contribution is -1.98. The molecular weight excluding hydrogens is 162 g/mol. The second-order valence-corrected chi connectivity index (χ2v) is 3.01. The van der Waals surface area contributed by atoms with Gasteiger partial charge in [0, 0.05) is 6.20 Å². The molecule has 1 aromatic rings. The van der Waals surface area contributed by atoms with E-state index in [9.17, 15) is 0 Å². The second-order valence-electron chi connectivity index (χ2n) is 3.01. The summed E-state index contributed by atoms with van der Waals surface area (Å²) in [6.45, 7) is 0. The lowest BCUT2D eigenvalue weighted by Gasteiger charge is -1.93. The molecule has 0 atom stereocenters. The molecule has 3 heteroatoms. The van der Waals surface area contributed by atoms with Crippen molar-refractivity contribution in [2.75, 3.05) is 0 Å². The molecule has 62 valence electrons. The lowest BCUT2D eigenvalue weighted by molar-refractivity contribution is -0.380. The van der Waals surface area contributed by atoms with E-state index in [-0.39, 0.29) is 0 Å². The Balaban J connectivity index is 2.56. The van der Waals surface area contributed by atoms with Gasteiger partial charge in [-0.1, -0.05) is 0 Å².